The largest absolute Gasteiger partial charge is 0.458 e. The van der Waals surface area contributed by atoms with E-state index in [9.17, 15) is 9.59 Å². The zero-order valence-corrected chi connectivity index (χ0v) is 11.7. The number of esters is 1. The van der Waals surface area contributed by atoms with Crippen LogP contribution in [0.1, 0.15) is 40.0 Å². The summed E-state index contributed by atoms with van der Waals surface area (Å²) in [6.45, 7) is 5.69. The van der Waals surface area contributed by atoms with Gasteiger partial charge in [0.25, 0.3) is 5.91 Å². The number of rotatable bonds is 6. The highest BCUT2D eigenvalue weighted by Crippen LogP contribution is 2.18. The second kappa shape index (κ2) is 6.70. The Bertz CT molecular complexity index is 299. The van der Waals surface area contributed by atoms with E-state index >= 15 is 0 Å². The zero-order chi connectivity index (χ0) is 14.4. The van der Waals surface area contributed by atoms with E-state index in [0.29, 0.717) is 19.4 Å². The third-order valence-electron chi connectivity index (χ3n) is 2.42. The van der Waals surface area contributed by atoms with Crippen molar-refractivity contribution in [3.8, 4) is 0 Å². The maximum absolute atomic E-state index is 12.0. The summed E-state index contributed by atoms with van der Waals surface area (Å²) in [6, 6.07) is 0. The van der Waals surface area contributed by atoms with Gasteiger partial charge in [-0.2, -0.15) is 0 Å². The quantitative estimate of drug-likeness (QED) is 0.351. The van der Waals surface area contributed by atoms with Gasteiger partial charge in [-0.25, -0.2) is 4.79 Å². The molecule has 0 bridgehead atoms. The van der Waals surface area contributed by atoms with Gasteiger partial charge in [0.15, 0.2) is 5.54 Å². The first-order chi connectivity index (χ1) is 8.17. The molecule has 0 saturated heterocycles. The molecule has 6 heteroatoms. The van der Waals surface area contributed by atoms with E-state index in [4.69, 9.17) is 16.2 Å². The van der Waals surface area contributed by atoms with Gasteiger partial charge in [-0.05, 0) is 46.6 Å². The van der Waals surface area contributed by atoms with E-state index < -0.39 is 23.0 Å². The van der Waals surface area contributed by atoms with Gasteiger partial charge >= 0.3 is 5.97 Å². The van der Waals surface area contributed by atoms with Gasteiger partial charge in [0.1, 0.15) is 5.60 Å². The number of amides is 1. The normalized spacial score (nSPS) is 14.8. The predicted octanol–water partition coefficient (Wildman–Crippen LogP) is -0.0994. The molecule has 0 rings (SSSR count). The number of carbonyl (C=O) groups excluding carboxylic acids is 2. The van der Waals surface area contributed by atoms with Crippen molar-refractivity contribution in [2.45, 2.75) is 51.2 Å². The number of unbranched alkanes of at least 4 members (excludes halogenated alkanes) is 1. The Morgan fingerprint density at radius 3 is 2.17 bits per heavy atom. The van der Waals surface area contributed by atoms with Gasteiger partial charge < -0.3 is 21.5 Å². The van der Waals surface area contributed by atoms with Crippen molar-refractivity contribution in [3.05, 3.63) is 0 Å². The van der Waals surface area contributed by atoms with Crippen LogP contribution in [0.5, 0.6) is 0 Å². The Morgan fingerprint density at radius 1 is 1.22 bits per heavy atom. The van der Waals surface area contributed by atoms with Crippen molar-refractivity contribution in [1.29, 1.82) is 0 Å². The Balaban J connectivity index is 4.86. The fourth-order valence-corrected chi connectivity index (χ4v) is 1.45. The number of ether oxygens (including phenoxy) is 1. The Labute approximate surface area is 108 Å². The minimum absolute atomic E-state index is 0.221. The van der Waals surface area contributed by atoms with Crippen molar-refractivity contribution in [3.63, 3.8) is 0 Å². The molecule has 0 aliphatic rings. The second-order valence-corrected chi connectivity index (χ2v) is 5.30. The molecule has 0 aliphatic heterocycles. The first-order valence-electron chi connectivity index (χ1n) is 6.12. The SMILES string of the molecule is CNC(=O)[C@@](N)(CCCCN)C(=O)OC(C)(C)C. The van der Waals surface area contributed by atoms with Gasteiger partial charge in [-0.1, -0.05) is 0 Å². The number of hydrogen-bond acceptors (Lipinski definition) is 5. The summed E-state index contributed by atoms with van der Waals surface area (Å²) in [5.74, 6) is -1.24. The topological polar surface area (TPSA) is 107 Å². The van der Waals surface area contributed by atoms with Gasteiger partial charge in [0, 0.05) is 7.05 Å². The summed E-state index contributed by atoms with van der Waals surface area (Å²) in [4.78, 5) is 23.8. The Hall–Kier alpha value is -1.14. The van der Waals surface area contributed by atoms with Crippen LogP contribution in [0.4, 0.5) is 0 Å². The average molecular weight is 259 g/mol. The standard InChI is InChI=1S/C12H25N3O3/c1-11(2,3)18-10(17)12(14,9(16)15-4)7-5-6-8-13/h5-8,13-14H2,1-4H3,(H,15,16)/t12-/m0/s1. The van der Waals surface area contributed by atoms with Crippen molar-refractivity contribution in [2.75, 3.05) is 13.6 Å². The van der Waals surface area contributed by atoms with Crippen LogP contribution >= 0.6 is 0 Å². The summed E-state index contributed by atoms with van der Waals surface area (Å²) in [7, 11) is 1.44. The summed E-state index contributed by atoms with van der Waals surface area (Å²) in [6.07, 6.45) is 1.52. The third kappa shape index (κ3) is 5.01. The molecule has 0 aromatic rings. The van der Waals surface area contributed by atoms with Crippen LogP contribution in [0, 0.1) is 0 Å². The van der Waals surface area contributed by atoms with E-state index in [1.54, 1.807) is 20.8 Å². The van der Waals surface area contributed by atoms with E-state index in [2.05, 4.69) is 5.32 Å². The predicted molar refractivity (Wildman–Crippen MR) is 69.7 cm³/mol. The van der Waals surface area contributed by atoms with E-state index in [-0.39, 0.29) is 6.42 Å². The first-order valence-corrected chi connectivity index (χ1v) is 6.12. The van der Waals surface area contributed by atoms with Crippen LogP contribution in [0.2, 0.25) is 0 Å². The number of hydrogen-bond donors (Lipinski definition) is 3. The lowest BCUT2D eigenvalue weighted by Crippen LogP contribution is -2.60. The fraction of sp³-hybridized carbons (Fsp3) is 0.833. The number of nitrogens with one attached hydrogen (secondary N) is 1. The number of likely N-dealkylation sites (N-methyl/N-ethyl adjacent to an activating group) is 1. The number of carbonyl (C=O) groups is 2. The summed E-state index contributed by atoms with van der Waals surface area (Å²) < 4.78 is 5.20. The van der Waals surface area contributed by atoms with Crippen molar-refractivity contribution >= 4 is 11.9 Å². The molecule has 106 valence electrons. The fourth-order valence-electron chi connectivity index (χ4n) is 1.45. The zero-order valence-electron chi connectivity index (χ0n) is 11.7. The van der Waals surface area contributed by atoms with Crippen molar-refractivity contribution in [2.24, 2.45) is 11.5 Å². The first kappa shape index (κ1) is 16.9. The molecule has 0 saturated carbocycles. The van der Waals surface area contributed by atoms with Gasteiger partial charge in [0.2, 0.25) is 0 Å². The smallest absolute Gasteiger partial charge is 0.336 e. The lowest BCUT2D eigenvalue weighted by molar-refractivity contribution is -0.164. The molecule has 0 radical (unpaired) electrons. The molecule has 18 heavy (non-hydrogen) atoms. The van der Waals surface area contributed by atoms with E-state index in [1.165, 1.54) is 7.05 Å². The van der Waals surface area contributed by atoms with Crippen molar-refractivity contribution < 1.29 is 14.3 Å². The molecule has 0 fully saturated rings. The highest BCUT2D eigenvalue weighted by molar-refractivity contribution is 6.07. The molecular weight excluding hydrogens is 234 g/mol. The van der Waals surface area contributed by atoms with E-state index in [1.807, 2.05) is 0 Å². The molecule has 1 atom stereocenters. The van der Waals surface area contributed by atoms with Crippen LogP contribution in [0.15, 0.2) is 0 Å². The molecule has 0 unspecified atom stereocenters. The molecule has 5 N–H and O–H groups in total. The highest BCUT2D eigenvalue weighted by atomic mass is 16.6. The minimum Gasteiger partial charge on any atom is -0.458 e. The molecule has 0 aromatic carbocycles. The monoisotopic (exact) mass is 259 g/mol. The van der Waals surface area contributed by atoms with Crippen LogP contribution in [0.25, 0.3) is 0 Å². The van der Waals surface area contributed by atoms with Gasteiger partial charge in [-0.3, -0.25) is 4.79 Å². The van der Waals surface area contributed by atoms with E-state index in [0.717, 1.165) is 0 Å². The van der Waals surface area contributed by atoms with Gasteiger partial charge in [-0.15, -0.1) is 0 Å². The molecule has 0 spiro atoms. The molecular formula is C12H25N3O3. The van der Waals surface area contributed by atoms with Gasteiger partial charge in [0.05, 0.1) is 0 Å². The molecule has 0 heterocycles. The molecule has 1 amide bonds. The van der Waals surface area contributed by atoms with Crippen LogP contribution in [-0.2, 0) is 14.3 Å². The summed E-state index contributed by atoms with van der Waals surface area (Å²) in [5.41, 5.74) is 8.98. The molecule has 6 nitrogen and oxygen atoms in total. The third-order valence-corrected chi connectivity index (χ3v) is 2.42. The second-order valence-electron chi connectivity index (χ2n) is 5.30. The maximum atomic E-state index is 12.0. The van der Waals surface area contributed by atoms with Crippen LogP contribution < -0.4 is 16.8 Å². The van der Waals surface area contributed by atoms with Crippen LogP contribution in [0.3, 0.4) is 0 Å². The molecule has 0 aliphatic carbocycles. The average Bonchev–Trinajstić information content (AvgIpc) is 2.25. The minimum atomic E-state index is -1.64. The molecule has 0 aromatic heterocycles. The van der Waals surface area contributed by atoms with Crippen LogP contribution in [-0.4, -0.2) is 36.6 Å². The lowest BCUT2D eigenvalue weighted by atomic mass is 9.92. The summed E-state index contributed by atoms with van der Waals surface area (Å²) in [5, 5.41) is 2.40. The number of nitrogens with two attached hydrogens (primary N) is 2. The Kier molecular flexibility index (Phi) is 6.28. The highest BCUT2D eigenvalue weighted by Gasteiger charge is 2.44. The van der Waals surface area contributed by atoms with Crippen molar-refractivity contribution in [1.82, 2.24) is 5.32 Å². The summed E-state index contributed by atoms with van der Waals surface area (Å²) >= 11 is 0. The maximum Gasteiger partial charge on any atom is 0.336 e. The Morgan fingerprint density at radius 2 is 1.78 bits per heavy atom. The lowest BCUT2D eigenvalue weighted by Gasteiger charge is -2.29.